The van der Waals surface area contributed by atoms with E-state index in [2.05, 4.69) is 0 Å². The predicted molar refractivity (Wildman–Crippen MR) is 32.7 cm³/mol. The lowest BCUT2D eigenvalue weighted by molar-refractivity contribution is -0.122. The molecule has 2 fully saturated rings. The largest absolute Gasteiger partial charge is 0.394 e. The van der Waals surface area contributed by atoms with Gasteiger partial charge in [-0.2, -0.15) is 0 Å². The summed E-state index contributed by atoms with van der Waals surface area (Å²) in [4.78, 5) is 0. The van der Waals surface area contributed by atoms with Gasteiger partial charge in [-0.1, -0.05) is 0 Å². The van der Waals surface area contributed by atoms with Crippen LogP contribution in [-0.4, -0.2) is 52.6 Å². The van der Waals surface area contributed by atoms with E-state index in [1.807, 2.05) is 0 Å². The highest BCUT2D eigenvalue weighted by Gasteiger charge is 2.65. The van der Waals surface area contributed by atoms with Crippen LogP contribution in [0.4, 0.5) is 0 Å². The van der Waals surface area contributed by atoms with Gasteiger partial charge in [0.25, 0.3) is 0 Å². The average molecular weight is 162 g/mol. The Morgan fingerprint density at radius 1 is 1.45 bits per heavy atom. The first kappa shape index (κ1) is 7.45. The fourth-order valence-electron chi connectivity index (χ4n) is 1.36. The number of aliphatic hydroxyl groups excluding tert-OH is 3. The molecular weight excluding hydrogens is 152 g/mol. The van der Waals surface area contributed by atoms with Gasteiger partial charge in [-0.25, -0.2) is 0 Å². The van der Waals surface area contributed by atoms with E-state index in [9.17, 15) is 10.2 Å². The molecule has 5 nitrogen and oxygen atoms in total. The van der Waals surface area contributed by atoms with Gasteiger partial charge in [0.1, 0.15) is 12.2 Å². The zero-order valence-electron chi connectivity index (χ0n) is 5.80. The molecule has 2 heterocycles. The molecule has 64 valence electrons. The Balaban J connectivity index is 2.13. The number of hydrogen-bond acceptors (Lipinski definition) is 5. The Morgan fingerprint density at radius 3 is 2.36 bits per heavy atom. The first-order valence-electron chi connectivity index (χ1n) is 3.47. The maximum absolute atomic E-state index is 9.38. The molecule has 4 atom stereocenters. The Hall–Kier alpha value is -0.200. The molecule has 11 heavy (non-hydrogen) atoms. The van der Waals surface area contributed by atoms with Crippen molar-refractivity contribution in [3.63, 3.8) is 0 Å². The standard InChI is InChI=1S/C6H10O5/c7-1-3-4(8)6(2-10-6)5(9)11-3/h3-5,7-9H,1-2H2/t3-,4-,5-,6+/m0/s1. The minimum atomic E-state index is -1.10. The second-order valence-corrected chi connectivity index (χ2v) is 2.90. The maximum Gasteiger partial charge on any atom is 0.189 e. The van der Waals surface area contributed by atoms with Crippen LogP contribution in [0.2, 0.25) is 0 Å². The van der Waals surface area contributed by atoms with Crippen molar-refractivity contribution in [2.24, 2.45) is 0 Å². The molecule has 2 saturated heterocycles. The summed E-state index contributed by atoms with van der Waals surface area (Å²) in [5.41, 5.74) is -0.937. The lowest BCUT2D eigenvalue weighted by Gasteiger charge is -2.10. The molecule has 0 aromatic heterocycles. The van der Waals surface area contributed by atoms with Crippen LogP contribution < -0.4 is 0 Å². The fraction of sp³-hybridized carbons (Fsp3) is 1.00. The summed E-state index contributed by atoms with van der Waals surface area (Å²) in [6.45, 7) is -0.00479. The quantitative estimate of drug-likeness (QED) is 0.382. The van der Waals surface area contributed by atoms with Crippen molar-refractivity contribution in [2.45, 2.75) is 24.1 Å². The monoisotopic (exact) mass is 162 g/mol. The van der Waals surface area contributed by atoms with E-state index in [4.69, 9.17) is 14.6 Å². The van der Waals surface area contributed by atoms with Crippen molar-refractivity contribution in [2.75, 3.05) is 13.2 Å². The number of hydrogen-bond donors (Lipinski definition) is 3. The highest BCUT2D eigenvalue weighted by Crippen LogP contribution is 2.42. The number of ether oxygens (including phenoxy) is 2. The summed E-state index contributed by atoms with van der Waals surface area (Å²) >= 11 is 0. The van der Waals surface area contributed by atoms with Crippen LogP contribution in [0.15, 0.2) is 0 Å². The van der Waals surface area contributed by atoms with Crippen LogP contribution in [0.3, 0.4) is 0 Å². The molecule has 0 radical (unpaired) electrons. The van der Waals surface area contributed by atoms with Gasteiger partial charge in [0.15, 0.2) is 11.9 Å². The summed E-state index contributed by atoms with van der Waals surface area (Å²) in [7, 11) is 0. The van der Waals surface area contributed by atoms with Crippen molar-refractivity contribution in [3.05, 3.63) is 0 Å². The molecule has 2 rings (SSSR count). The summed E-state index contributed by atoms with van der Waals surface area (Å²) in [5.74, 6) is 0. The Morgan fingerprint density at radius 2 is 2.09 bits per heavy atom. The van der Waals surface area contributed by atoms with Gasteiger partial charge in [-0.05, 0) is 0 Å². The molecule has 0 saturated carbocycles. The highest BCUT2D eigenvalue weighted by atomic mass is 16.7. The lowest BCUT2D eigenvalue weighted by Crippen LogP contribution is -2.37. The van der Waals surface area contributed by atoms with E-state index >= 15 is 0 Å². The molecule has 5 heteroatoms. The molecule has 0 bridgehead atoms. The smallest absolute Gasteiger partial charge is 0.189 e. The van der Waals surface area contributed by atoms with E-state index in [-0.39, 0.29) is 6.61 Å². The minimum absolute atomic E-state index is 0.297. The van der Waals surface area contributed by atoms with E-state index < -0.39 is 24.1 Å². The van der Waals surface area contributed by atoms with Crippen LogP contribution in [0.25, 0.3) is 0 Å². The maximum atomic E-state index is 9.38. The molecule has 1 spiro atoms. The second-order valence-electron chi connectivity index (χ2n) is 2.90. The molecule has 0 amide bonds. The Bertz CT molecular complexity index is 166. The summed E-state index contributed by atoms with van der Waals surface area (Å²) < 4.78 is 9.71. The van der Waals surface area contributed by atoms with Crippen molar-refractivity contribution in [1.29, 1.82) is 0 Å². The van der Waals surface area contributed by atoms with Crippen molar-refractivity contribution < 1.29 is 24.8 Å². The van der Waals surface area contributed by atoms with Gasteiger partial charge < -0.3 is 24.8 Å². The zero-order valence-corrected chi connectivity index (χ0v) is 5.80. The third kappa shape index (κ3) is 0.830. The summed E-state index contributed by atoms with van der Waals surface area (Å²) in [6, 6.07) is 0. The van der Waals surface area contributed by atoms with Crippen LogP contribution in [-0.2, 0) is 9.47 Å². The Labute approximate surface area is 63.2 Å². The molecule has 3 N–H and O–H groups in total. The van der Waals surface area contributed by atoms with E-state index in [0.29, 0.717) is 6.61 Å². The second kappa shape index (κ2) is 2.15. The van der Waals surface area contributed by atoms with Gasteiger partial charge in [0.05, 0.1) is 13.2 Å². The first-order chi connectivity index (χ1) is 5.20. The number of rotatable bonds is 1. The summed E-state index contributed by atoms with van der Waals surface area (Å²) in [5, 5.41) is 27.2. The fourth-order valence-corrected chi connectivity index (χ4v) is 1.36. The molecule has 2 aliphatic rings. The molecule has 0 aromatic carbocycles. The third-order valence-electron chi connectivity index (χ3n) is 2.23. The first-order valence-corrected chi connectivity index (χ1v) is 3.47. The average Bonchev–Trinajstić information content (AvgIpc) is 2.74. The molecule has 2 aliphatic heterocycles. The molecule has 0 unspecified atom stereocenters. The number of aliphatic hydroxyl groups is 3. The van der Waals surface area contributed by atoms with E-state index in [1.165, 1.54) is 0 Å². The zero-order chi connectivity index (χ0) is 8.06. The summed E-state index contributed by atoms with van der Waals surface area (Å²) in [6.07, 6.45) is -2.73. The lowest BCUT2D eigenvalue weighted by atomic mass is 10.0. The van der Waals surface area contributed by atoms with Gasteiger partial charge in [-0.3, -0.25) is 0 Å². The SMILES string of the molecule is OC[C@@H]1O[C@H](O)[C@@]2(CO2)[C@H]1O. The van der Waals surface area contributed by atoms with Crippen LogP contribution in [0, 0.1) is 0 Å². The van der Waals surface area contributed by atoms with Gasteiger partial charge in [0.2, 0.25) is 0 Å². The molecule has 0 aromatic rings. The third-order valence-corrected chi connectivity index (χ3v) is 2.23. The topological polar surface area (TPSA) is 82.5 Å². The normalized spacial score (nSPS) is 55.4. The minimum Gasteiger partial charge on any atom is -0.394 e. The Kier molecular flexibility index (Phi) is 1.45. The van der Waals surface area contributed by atoms with Crippen LogP contribution in [0.1, 0.15) is 0 Å². The van der Waals surface area contributed by atoms with Gasteiger partial charge in [-0.15, -0.1) is 0 Å². The van der Waals surface area contributed by atoms with Gasteiger partial charge >= 0.3 is 0 Å². The molecular formula is C6H10O5. The van der Waals surface area contributed by atoms with Crippen molar-refractivity contribution in [1.82, 2.24) is 0 Å². The van der Waals surface area contributed by atoms with Crippen molar-refractivity contribution >= 4 is 0 Å². The van der Waals surface area contributed by atoms with Crippen LogP contribution >= 0.6 is 0 Å². The van der Waals surface area contributed by atoms with Crippen LogP contribution in [0.5, 0.6) is 0 Å². The predicted octanol–water partition coefficient (Wildman–Crippen LogP) is -2.17. The van der Waals surface area contributed by atoms with E-state index in [0.717, 1.165) is 0 Å². The molecule has 0 aliphatic carbocycles. The van der Waals surface area contributed by atoms with Crippen molar-refractivity contribution in [3.8, 4) is 0 Å². The number of epoxide rings is 1. The highest BCUT2D eigenvalue weighted by molar-refractivity contribution is 5.08. The van der Waals surface area contributed by atoms with Gasteiger partial charge in [0, 0.05) is 0 Å². The van der Waals surface area contributed by atoms with E-state index in [1.54, 1.807) is 0 Å².